The van der Waals surface area contributed by atoms with Crippen molar-refractivity contribution in [3.63, 3.8) is 0 Å². The minimum absolute atomic E-state index is 0.227. The van der Waals surface area contributed by atoms with E-state index in [0.29, 0.717) is 6.54 Å². The zero-order valence-corrected chi connectivity index (χ0v) is 12.2. The SMILES string of the molecule is COc1ccccc1CCNCC(=O)N1CCCCC1. The highest BCUT2D eigenvalue weighted by atomic mass is 16.5. The first-order valence-electron chi connectivity index (χ1n) is 7.41. The predicted molar refractivity (Wildman–Crippen MR) is 80.0 cm³/mol. The van der Waals surface area contributed by atoms with Gasteiger partial charge in [0.05, 0.1) is 13.7 Å². The summed E-state index contributed by atoms with van der Waals surface area (Å²) in [6, 6.07) is 8.01. The molecule has 0 unspecified atom stereocenters. The summed E-state index contributed by atoms with van der Waals surface area (Å²) in [4.78, 5) is 13.9. The van der Waals surface area contributed by atoms with Crippen molar-refractivity contribution in [1.29, 1.82) is 0 Å². The first-order valence-corrected chi connectivity index (χ1v) is 7.41. The fourth-order valence-electron chi connectivity index (χ4n) is 2.58. The summed E-state index contributed by atoms with van der Waals surface area (Å²) in [5.41, 5.74) is 1.17. The van der Waals surface area contributed by atoms with Crippen LogP contribution in [-0.4, -0.2) is 44.1 Å². The van der Waals surface area contributed by atoms with E-state index >= 15 is 0 Å². The van der Waals surface area contributed by atoms with Crippen molar-refractivity contribution in [1.82, 2.24) is 10.2 Å². The summed E-state index contributed by atoms with van der Waals surface area (Å²) in [6.45, 7) is 3.08. The van der Waals surface area contributed by atoms with Crippen LogP contribution in [0.2, 0.25) is 0 Å². The van der Waals surface area contributed by atoms with Crippen molar-refractivity contribution in [3.05, 3.63) is 29.8 Å². The number of nitrogens with one attached hydrogen (secondary N) is 1. The van der Waals surface area contributed by atoms with Crippen LogP contribution in [0, 0.1) is 0 Å². The molecule has 1 amide bonds. The first-order chi connectivity index (χ1) is 9.81. The van der Waals surface area contributed by atoms with Crippen molar-refractivity contribution >= 4 is 5.91 Å². The van der Waals surface area contributed by atoms with Gasteiger partial charge in [-0.25, -0.2) is 0 Å². The van der Waals surface area contributed by atoms with Gasteiger partial charge in [-0.1, -0.05) is 18.2 Å². The van der Waals surface area contributed by atoms with Crippen LogP contribution >= 0.6 is 0 Å². The average Bonchev–Trinajstić information content (AvgIpc) is 2.52. The van der Waals surface area contributed by atoms with Crippen molar-refractivity contribution in [2.45, 2.75) is 25.7 Å². The van der Waals surface area contributed by atoms with Crippen LogP contribution in [0.5, 0.6) is 5.75 Å². The van der Waals surface area contributed by atoms with Gasteiger partial charge in [-0.15, -0.1) is 0 Å². The third kappa shape index (κ3) is 4.23. The predicted octanol–water partition coefficient (Wildman–Crippen LogP) is 1.84. The lowest BCUT2D eigenvalue weighted by molar-refractivity contribution is -0.131. The molecule has 1 aromatic rings. The number of methoxy groups -OCH3 is 1. The van der Waals surface area contributed by atoms with Gasteiger partial charge in [0.2, 0.25) is 5.91 Å². The Morgan fingerprint density at radius 1 is 1.25 bits per heavy atom. The summed E-state index contributed by atoms with van der Waals surface area (Å²) in [5, 5.41) is 3.24. The van der Waals surface area contributed by atoms with Crippen LogP contribution in [0.4, 0.5) is 0 Å². The Morgan fingerprint density at radius 2 is 2.00 bits per heavy atom. The van der Waals surface area contributed by atoms with Gasteiger partial charge in [0.15, 0.2) is 0 Å². The van der Waals surface area contributed by atoms with Gasteiger partial charge >= 0.3 is 0 Å². The highest BCUT2D eigenvalue weighted by Crippen LogP contribution is 2.17. The standard InChI is InChI=1S/C16H24N2O2/c1-20-15-8-4-3-7-14(15)9-10-17-13-16(19)18-11-5-2-6-12-18/h3-4,7-8,17H,2,5-6,9-13H2,1H3. The lowest BCUT2D eigenvalue weighted by Gasteiger charge is -2.26. The number of carbonyl (C=O) groups is 1. The number of rotatable bonds is 6. The van der Waals surface area contributed by atoms with E-state index < -0.39 is 0 Å². The van der Waals surface area contributed by atoms with Crippen LogP contribution in [-0.2, 0) is 11.2 Å². The van der Waals surface area contributed by atoms with Gasteiger partial charge < -0.3 is 15.0 Å². The number of benzene rings is 1. The Labute approximate surface area is 121 Å². The first kappa shape index (κ1) is 14.9. The molecule has 1 N–H and O–H groups in total. The van der Waals surface area contributed by atoms with E-state index in [9.17, 15) is 4.79 Å². The lowest BCUT2D eigenvalue weighted by Crippen LogP contribution is -2.41. The number of nitrogens with zero attached hydrogens (tertiary/aromatic N) is 1. The lowest BCUT2D eigenvalue weighted by atomic mass is 10.1. The molecule has 2 rings (SSSR count). The zero-order valence-electron chi connectivity index (χ0n) is 12.2. The highest BCUT2D eigenvalue weighted by Gasteiger charge is 2.15. The van der Waals surface area contributed by atoms with E-state index in [1.807, 2.05) is 23.1 Å². The quantitative estimate of drug-likeness (QED) is 0.806. The van der Waals surface area contributed by atoms with Gasteiger partial charge in [-0.3, -0.25) is 4.79 Å². The van der Waals surface area contributed by atoms with E-state index in [-0.39, 0.29) is 5.91 Å². The molecule has 0 saturated carbocycles. The second-order valence-corrected chi connectivity index (χ2v) is 5.18. The minimum atomic E-state index is 0.227. The Kier molecular flexibility index (Phi) is 5.87. The highest BCUT2D eigenvalue weighted by molar-refractivity contribution is 5.78. The molecule has 4 nitrogen and oxygen atoms in total. The summed E-state index contributed by atoms with van der Waals surface area (Å²) < 4.78 is 5.32. The second-order valence-electron chi connectivity index (χ2n) is 5.18. The summed E-state index contributed by atoms with van der Waals surface area (Å²) in [6.07, 6.45) is 4.42. The largest absolute Gasteiger partial charge is 0.496 e. The Hall–Kier alpha value is -1.55. The molecule has 0 radical (unpaired) electrons. The van der Waals surface area contributed by atoms with Gasteiger partial charge in [-0.2, -0.15) is 0 Å². The summed E-state index contributed by atoms with van der Waals surface area (Å²) >= 11 is 0. The van der Waals surface area contributed by atoms with Gasteiger partial charge in [0.25, 0.3) is 0 Å². The number of piperidine rings is 1. The number of ether oxygens (including phenoxy) is 1. The number of hydrogen-bond donors (Lipinski definition) is 1. The third-order valence-corrected chi connectivity index (χ3v) is 3.75. The van der Waals surface area contributed by atoms with Gasteiger partial charge in [0, 0.05) is 13.1 Å². The zero-order chi connectivity index (χ0) is 14.2. The number of para-hydroxylation sites is 1. The average molecular weight is 276 g/mol. The normalized spacial score (nSPS) is 15.2. The molecule has 0 aliphatic carbocycles. The van der Waals surface area contributed by atoms with Crippen LogP contribution < -0.4 is 10.1 Å². The van der Waals surface area contributed by atoms with E-state index in [1.165, 1.54) is 12.0 Å². The van der Waals surface area contributed by atoms with Gasteiger partial charge in [-0.05, 0) is 43.9 Å². The van der Waals surface area contributed by atoms with Crippen molar-refractivity contribution in [2.24, 2.45) is 0 Å². The Bertz CT molecular complexity index is 428. The maximum atomic E-state index is 12.0. The molecule has 0 bridgehead atoms. The van der Waals surface area contributed by atoms with Crippen LogP contribution in [0.3, 0.4) is 0 Å². The fourth-order valence-corrected chi connectivity index (χ4v) is 2.58. The molecule has 1 fully saturated rings. The minimum Gasteiger partial charge on any atom is -0.496 e. The molecule has 110 valence electrons. The number of amides is 1. The Balaban J connectivity index is 1.69. The smallest absolute Gasteiger partial charge is 0.236 e. The van der Waals surface area contributed by atoms with Gasteiger partial charge in [0.1, 0.15) is 5.75 Å². The molecule has 0 aromatic heterocycles. The van der Waals surface area contributed by atoms with Crippen molar-refractivity contribution in [2.75, 3.05) is 33.3 Å². The molecule has 1 saturated heterocycles. The molecule has 20 heavy (non-hydrogen) atoms. The molecule has 0 atom stereocenters. The maximum Gasteiger partial charge on any atom is 0.236 e. The summed E-state index contributed by atoms with van der Waals surface area (Å²) in [7, 11) is 1.69. The fraction of sp³-hybridized carbons (Fsp3) is 0.562. The molecule has 4 heteroatoms. The molecular weight excluding hydrogens is 252 g/mol. The van der Waals surface area contributed by atoms with E-state index in [2.05, 4.69) is 11.4 Å². The molecule has 0 spiro atoms. The monoisotopic (exact) mass is 276 g/mol. The molecular formula is C16H24N2O2. The van der Waals surface area contributed by atoms with Crippen molar-refractivity contribution in [3.8, 4) is 5.75 Å². The molecule has 1 aliphatic rings. The molecule has 1 heterocycles. The molecule has 1 aliphatic heterocycles. The third-order valence-electron chi connectivity index (χ3n) is 3.75. The van der Waals surface area contributed by atoms with E-state index in [4.69, 9.17) is 4.74 Å². The van der Waals surface area contributed by atoms with Crippen molar-refractivity contribution < 1.29 is 9.53 Å². The number of likely N-dealkylation sites (tertiary alicyclic amines) is 1. The van der Waals surface area contributed by atoms with E-state index in [0.717, 1.165) is 44.6 Å². The molecule has 1 aromatic carbocycles. The number of carbonyl (C=O) groups excluding carboxylic acids is 1. The second kappa shape index (κ2) is 7.90. The number of hydrogen-bond acceptors (Lipinski definition) is 3. The topological polar surface area (TPSA) is 41.6 Å². The van der Waals surface area contributed by atoms with Crippen LogP contribution in [0.25, 0.3) is 0 Å². The summed E-state index contributed by atoms with van der Waals surface area (Å²) in [5.74, 6) is 1.14. The van der Waals surface area contributed by atoms with Crippen LogP contribution in [0.15, 0.2) is 24.3 Å². The van der Waals surface area contributed by atoms with E-state index in [1.54, 1.807) is 7.11 Å². The Morgan fingerprint density at radius 3 is 2.75 bits per heavy atom. The maximum absolute atomic E-state index is 12.0. The van der Waals surface area contributed by atoms with Crippen LogP contribution in [0.1, 0.15) is 24.8 Å².